The molecular formula is C14H22N2O4. The Labute approximate surface area is 118 Å². The monoisotopic (exact) mass is 282 g/mol. The molecule has 6 nitrogen and oxygen atoms in total. The first kappa shape index (κ1) is 16.1. The van der Waals surface area contributed by atoms with E-state index < -0.39 is 6.10 Å². The van der Waals surface area contributed by atoms with Crippen LogP contribution in [0.5, 0.6) is 11.5 Å². The summed E-state index contributed by atoms with van der Waals surface area (Å²) >= 11 is 0. The van der Waals surface area contributed by atoms with Gasteiger partial charge in [0.05, 0.1) is 25.9 Å². The van der Waals surface area contributed by atoms with Gasteiger partial charge in [0.25, 0.3) is 5.91 Å². The number of ether oxygens (including phenoxy) is 2. The minimum absolute atomic E-state index is 0.0676. The quantitative estimate of drug-likeness (QED) is 0.678. The van der Waals surface area contributed by atoms with Crippen LogP contribution < -0.4 is 20.5 Å². The molecule has 0 saturated heterocycles. The molecule has 1 rings (SSSR count). The lowest BCUT2D eigenvalue weighted by Crippen LogP contribution is -2.35. The van der Waals surface area contributed by atoms with Crippen molar-refractivity contribution in [2.75, 3.05) is 26.5 Å². The van der Waals surface area contributed by atoms with Gasteiger partial charge in [-0.1, -0.05) is 13.8 Å². The van der Waals surface area contributed by atoms with E-state index in [1.54, 1.807) is 0 Å². The van der Waals surface area contributed by atoms with Crippen molar-refractivity contribution < 1.29 is 19.4 Å². The molecule has 0 aromatic heterocycles. The summed E-state index contributed by atoms with van der Waals surface area (Å²) in [6.07, 6.45) is -0.597. The lowest BCUT2D eigenvalue weighted by molar-refractivity contribution is 0.0872. The summed E-state index contributed by atoms with van der Waals surface area (Å²) in [5, 5.41) is 12.3. The van der Waals surface area contributed by atoms with Crippen LogP contribution in [0.1, 0.15) is 24.2 Å². The number of nitrogens with one attached hydrogen (secondary N) is 1. The van der Waals surface area contributed by atoms with Crippen LogP contribution in [0.25, 0.3) is 0 Å². The lowest BCUT2D eigenvalue weighted by atomic mass is 10.1. The second-order valence-electron chi connectivity index (χ2n) is 4.82. The molecule has 0 heterocycles. The van der Waals surface area contributed by atoms with Gasteiger partial charge in [-0.15, -0.1) is 0 Å². The highest BCUT2D eigenvalue weighted by molar-refractivity contribution is 6.00. The topological polar surface area (TPSA) is 93.8 Å². The van der Waals surface area contributed by atoms with E-state index in [1.165, 1.54) is 26.4 Å². The van der Waals surface area contributed by atoms with Gasteiger partial charge in [0.1, 0.15) is 0 Å². The highest BCUT2D eigenvalue weighted by atomic mass is 16.5. The summed E-state index contributed by atoms with van der Waals surface area (Å²) in [5.74, 6) is 0.598. The molecule has 0 aliphatic carbocycles. The van der Waals surface area contributed by atoms with Gasteiger partial charge in [0.2, 0.25) is 0 Å². The van der Waals surface area contributed by atoms with Crippen molar-refractivity contribution in [3.8, 4) is 11.5 Å². The molecule has 112 valence electrons. The zero-order valence-corrected chi connectivity index (χ0v) is 12.3. The third-order valence-corrected chi connectivity index (χ3v) is 3.04. The maximum absolute atomic E-state index is 12.1. The SMILES string of the molecule is COc1cc(N)c(C(=O)NCC(O)C(C)C)cc1OC. The van der Waals surface area contributed by atoms with Crippen LogP contribution in [0.2, 0.25) is 0 Å². The zero-order chi connectivity index (χ0) is 15.3. The fourth-order valence-electron chi connectivity index (χ4n) is 1.62. The largest absolute Gasteiger partial charge is 0.493 e. The number of carbonyl (C=O) groups is 1. The first-order valence-corrected chi connectivity index (χ1v) is 6.38. The van der Waals surface area contributed by atoms with Crippen molar-refractivity contribution in [3.63, 3.8) is 0 Å². The molecule has 4 N–H and O–H groups in total. The number of aliphatic hydroxyl groups is 1. The van der Waals surface area contributed by atoms with Crippen LogP contribution in [0.15, 0.2) is 12.1 Å². The Balaban J connectivity index is 2.88. The van der Waals surface area contributed by atoms with Crippen LogP contribution in [-0.4, -0.2) is 37.9 Å². The van der Waals surface area contributed by atoms with Crippen molar-refractivity contribution >= 4 is 11.6 Å². The van der Waals surface area contributed by atoms with Crippen LogP contribution in [0.4, 0.5) is 5.69 Å². The number of anilines is 1. The summed E-state index contributed by atoms with van der Waals surface area (Å²) in [5.41, 5.74) is 6.41. The van der Waals surface area contributed by atoms with Gasteiger partial charge in [-0.3, -0.25) is 4.79 Å². The standard InChI is InChI=1S/C14H22N2O4/c1-8(2)11(17)7-16-14(18)9-5-12(19-3)13(20-4)6-10(9)15/h5-6,8,11,17H,7,15H2,1-4H3,(H,16,18). The van der Waals surface area contributed by atoms with Crippen LogP contribution in [-0.2, 0) is 0 Å². The molecule has 0 radical (unpaired) electrons. The fraction of sp³-hybridized carbons (Fsp3) is 0.500. The van der Waals surface area contributed by atoms with E-state index in [4.69, 9.17) is 15.2 Å². The Morgan fingerprint density at radius 1 is 1.30 bits per heavy atom. The highest BCUT2D eigenvalue weighted by Crippen LogP contribution is 2.31. The average molecular weight is 282 g/mol. The highest BCUT2D eigenvalue weighted by Gasteiger charge is 2.17. The molecule has 0 spiro atoms. The van der Waals surface area contributed by atoms with Gasteiger partial charge >= 0.3 is 0 Å². The van der Waals surface area contributed by atoms with E-state index in [9.17, 15) is 9.90 Å². The van der Waals surface area contributed by atoms with Crippen molar-refractivity contribution in [2.45, 2.75) is 20.0 Å². The van der Waals surface area contributed by atoms with Crippen molar-refractivity contribution in [3.05, 3.63) is 17.7 Å². The number of hydrogen-bond donors (Lipinski definition) is 3. The Kier molecular flexibility index (Phi) is 5.64. The molecule has 1 aromatic rings. The predicted octanol–water partition coefficient (Wildman–Crippen LogP) is 1.03. The average Bonchev–Trinajstić information content (AvgIpc) is 2.43. The summed E-state index contributed by atoms with van der Waals surface area (Å²) in [7, 11) is 2.98. The van der Waals surface area contributed by atoms with E-state index in [-0.39, 0.29) is 18.4 Å². The van der Waals surface area contributed by atoms with E-state index in [2.05, 4.69) is 5.32 Å². The number of amides is 1. The van der Waals surface area contributed by atoms with E-state index in [0.717, 1.165) is 0 Å². The van der Waals surface area contributed by atoms with Gasteiger partial charge in [0.15, 0.2) is 11.5 Å². The third kappa shape index (κ3) is 3.77. The molecule has 6 heteroatoms. The Morgan fingerprint density at radius 2 is 1.85 bits per heavy atom. The van der Waals surface area contributed by atoms with Crippen molar-refractivity contribution in [1.29, 1.82) is 0 Å². The summed E-state index contributed by atoms with van der Waals surface area (Å²) in [6.45, 7) is 3.92. The molecule has 1 amide bonds. The Morgan fingerprint density at radius 3 is 2.35 bits per heavy atom. The number of rotatable bonds is 6. The van der Waals surface area contributed by atoms with Gasteiger partial charge in [-0.2, -0.15) is 0 Å². The van der Waals surface area contributed by atoms with Gasteiger partial charge < -0.3 is 25.6 Å². The molecule has 0 saturated carbocycles. The smallest absolute Gasteiger partial charge is 0.253 e. The maximum atomic E-state index is 12.1. The second kappa shape index (κ2) is 7.00. The van der Waals surface area contributed by atoms with Crippen molar-refractivity contribution in [2.24, 2.45) is 5.92 Å². The minimum Gasteiger partial charge on any atom is -0.493 e. The van der Waals surface area contributed by atoms with Gasteiger partial charge in [0, 0.05) is 18.3 Å². The Bertz CT molecular complexity index is 474. The van der Waals surface area contributed by atoms with Crippen LogP contribution >= 0.6 is 0 Å². The maximum Gasteiger partial charge on any atom is 0.253 e. The van der Waals surface area contributed by atoms with E-state index >= 15 is 0 Å². The number of aliphatic hydroxyl groups excluding tert-OH is 1. The lowest BCUT2D eigenvalue weighted by Gasteiger charge is -2.16. The number of methoxy groups -OCH3 is 2. The molecule has 1 atom stereocenters. The van der Waals surface area contributed by atoms with Gasteiger partial charge in [-0.25, -0.2) is 0 Å². The summed E-state index contributed by atoms with van der Waals surface area (Å²) < 4.78 is 10.2. The summed E-state index contributed by atoms with van der Waals surface area (Å²) in [4.78, 5) is 12.1. The normalized spacial score (nSPS) is 12.1. The molecule has 1 unspecified atom stereocenters. The molecule has 0 aliphatic rings. The first-order chi connectivity index (χ1) is 9.40. The van der Waals surface area contributed by atoms with E-state index in [0.29, 0.717) is 22.7 Å². The third-order valence-electron chi connectivity index (χ3n) is 3.04. The number of nitrogen functional groups attached to an aromatic ring is 1. The molecular weight excluding hydrogens is 260 g/mol. The van der Waals surface area contributed by atoms with Crippen molar-refractivity contribution in [1.82, 2.24) is 5.32 Å². The number of nitrogens with two attached hydrogens (primary N) is 1. The molecule has 1 aromatic carbocycles. The van der Waals surface area contributed by atoms with Gasteiger partial charge in [-0.05, 0) is 12.0 Å². The summed E-state index contributed by atoms with van der Waals surface area (Å²) in [6, 6.07) is 3.05. The number of benzene rings is 1. The van der Waals surface area contributed by atoms with E-state index in [1.807, 2.05) is 13.8 Å². The number of hydrogen-bond acceptors (Lipinski definition) is 5. The molecule has 0 fully saturated rings. The molecule has 0 aliphatic heterocycles. The van der Waals surface area contributed by atoms with Crippen LogP contribution in [0.3, 0.4) is 0 Å². The second-order valence-corrected chi connectivity index (χ2v) is 4.82. The Hall–Kier alpha value is -1.95. The predicted molar refractivity (Wildman–Crippen MR) is 77.1 cm³/mol. The van der Waals surface area contributed by atoms with Crippen LogP contribution in [0, 0.1) is 5.92 Å². The molecule has 0 bridgehead atoms. The minimum atomic E-state index is -0.597. The molecule has 20 heavy (non-hydrogen) atoms. The number of carbonyl (C=O) groups excluding carboxylic acids is 1. The first-order valence-electron chi connectivity index (χ1n) is 6.38. The fourth-order valence-corrected chi connectivity index (χ4v) is 1.62. The zero-order valence-electron chi connectivity index (χ0n) is 12.3.